The molecule has 0 aromatic rings. The molecule has 2 heterocycles. The summed E-state index contributed by atoms with van der Waals surface area (Å²) in [6.45, 7) is 15.2. The van der Waals surface area contributed by atoms with Gasteiger partial charge in [0.25, 0.3) is 0 Å². The molecule has 0 aliphatic carbocycles. The number of ether oxygens (including phenoxy) is 1. The summed E-state index contributed by atoms with van der Waals surface area (Å²) in [5.74, 6) is 0. The van der Waals surface area contributed by atoms with E-state index in [4.69, 9.17) is 10.5 Å². The second-order valence-corrected chi connectivity index (χ2v) is 8.09. The molecular weight excluding hydrogens is 262 g/mol. The van der Waals surface area contributed by atoms with Gasteiger partial charge < -0.3 is 10.5 Å². The standard InChI is InChI=1S/C17H35N3O/c1-7-20-10-8-9-14(20)11-19(6)17(13-18)12-15(2,3)21-16(17,4)5/h14H,7-13,18H2,1-6H3. The van der Waals surface area contributed by atoms with Gasteiger partial charge in [0.05, 0.1) is 16.7 Å². The van der Waals surface area contributed by atoms with Crippen molar-refractivity contribution in [1.82, 2.24) is 9.80 Å². The van der Waals surface area contributed by atoms with Crippen LogP contribution in [0.5, 0.6) is 0 Å². The van der Waals surface area contributed by atoms with E-state index in [2.05, 4.69) is 51.5 Å². The Morgan fingerprint density at radius 2 is 1.95 bits per heavy atom. The summed E-state index contributed by atoms with van der Waals surface area (Å²) >= 11 is 0. The number of nitrogens with zero attached hydrogens (tertiary/aromatic N) is 2. The molecule has 4 nitrogen and oxygen atoms in total. The number of rotatable bonds is 5. The maximum Gasteiger partial charge on any atom is 0.0829 e. The quantitative estimate of drug-likeness (QED) is 0.843. The van der Waals surface area contributed by atoms with E-state index >= 15 is 0 Å². The smallest absolute Gasteiger partial charge is 0.0829 e. The van der Waals surface area contributed by atoms with E-state index in [1.165, 1.54) is 19.4 Å². The van der Waals surface area contributed by atoms with Crippen molar-refractivity contribution in [3.8, 4) is 0 Å². The topological polar surface area (TPSA) is 41.7 Å². The van der Waals surface area contributed by atoms with E-state index in [-0.39, 0.29) is 16.7 Å². The summed E-state index contributed by atoms with van der Waals surface area (Å²) < 4.78 is 6.35. The van der Waals surface area contributed by atoms with E-state index in [9.17, 15) is 0 Å². The van der Waals surface area contributed by atoms with Gasteiger partial charge in [-0.15, -0.1) is 0 Å². The van der Waals surface area contributed by atoms with Crippen molar-refractivity contribution in [3.63, 3.8) is 0 Å². The van der Waals surface area contributed by atoms with Gasteiger partial charge in [0.1, 0.15) is 0 Å². The molecule has 2 rings (SSSR count). The van der Waals surface area contributed by atoms with Gasteiger partial charge in [-0.05, 0) is 67.1 Å². The highest BCUT2D eigenvalue weighted by Gasteiger charge is 2.58. The molecule has 21 heavy (non-hydrogen) atoms. The number of hydrogen-bond donors (Lipinski definition) is 1. The van der Waals surface area contributed by atoms with Crippen molar-refractivity contribution in [1.29, 1.82) is 0 Å². The highest BCUT2D eigenvalue weighted by molar-refractivity contribution is 5.13. The zero-order chi connectivity index (χ0) is 15.9. The molecule has 2 N–H and O–H groups in total. The molecule has 2 atom stereocenters. The Bertz CT molecular complexity index is 369. The van der Waals surface area contributed by atoms with Gasteiger partial charge in [0.15, 0.2) is 0 Å². The highest BCUT2D eigenvalue weighted by Crippen LogP contribution is 2.47. The van der Waals surface area contributed by atoms with Crippen LogP contribution in [0.2, 0.25) is 0 Å². The molecule has 0 amide bonds. The van der Waals surface area contributed by atoms with Crippen LogP contribution in [0.3, 0.4) is 0 Å². The van der Waals surface area contributed by atoms with Gasteiger partial charge in [-0.2, -0.15) is 0 Å². The maximum absolute atomic E-state index is 6.35. The lowest BCUT2D eigenvalue weighted by Gasteiger charge is -2.47. The lowest BCUT2D eigenvalue weighted by molar-refractivity contribution is -0.102. The number of likely N-dealkylation sites (N-methyl/N-ethyl adjacent to an activating group) is 2. The first-order valence-corrected chi connectivity index (χ1v) is 8.53. The van der Waals surface area contributed by atoms with Crippen LogP contribution in [-0.2, 0) is 4.74 Å². The molecule has 2 fully saturated rings. The van der Waals surface area contributed by atoms with Crippen molar-refractivity contribution >= 4 is 0 Å². The Hall–Kier alpha value is -0.160. The first-order chi connectivity index (χ1) is 9.67. The van der Waals surface area contributed by atoms with Crippen molar-refractivity contribution in [2.75, 3.05) is 33.2 Å². The van der Waals surface area contributed by atoms with E-state index < -0.39 is 0 Å². The minimum atomic E-state index is -0.213. The molecule has 0 saturated carbocycles. The average Bonchev–Trinajstić information content (AvgIpc) is 2.88. The second kappa shape index (κ2) is 5.80. The van der Waals surface area contributed by atoms with Crippen LogP contribution in [-0.4, -0.2) is 65.8 Å². The fourth-order valence-electron chi connectivity index (χ4n) is 4.82. The normalized spacial score (nSPS) is 35.7. The molecule has 4 heteroatoms. The monoisotopic (exact) mass is 297 g/mol. The number of likely N-dealkylation sites (tertiary alicyclic amines) is 1. The first-order valence-electron chi connectivity index (χ1n) is 8.53. The Kier molecular flexibility index (Phi) is 4.75. The first kappa shape index (κ1) is 17.2. The third-order valence-corrected chi connectivity index (χ3v) is 5.83. The Balaban J connectivity index is 2.16. The Labute approximate surface area is 131 Å². The fourth-order valence-corrected chi connectivity index (χ4v) is 4.82. The van der Waals surface area contributed by atoms with Gasteiger partial charge >= 0.3 is 0 Å². The summed E-state index contributed by atoms with van der Waals surface area (Å²) in [7, 11) is 2.24. The van der Waals surface area contributed by atoms with Crippen LogP contribution in [0.15, 0.2) is 0 Å². The summed E-state index contributed by atoms with van der Waals surface area (Å²) in [6.07, 6.45) is 3.63. The Morgan fingerprint density at radius 1 is 1.29 bits per heavy atom. The lowest BCUT2D eigenvalue weighted by Crippen LogP contribution is -2.63. The van der Waals surface area contributed by atoms with Crippen molar-refractivity contribution in [2.45, 2.75) is 76.7 Å². The zero-order valence-electron chi connectivity index (χ0n) is 14.9. The molecule has 2 unspecified atom stereocenters. The van der Waals surface area contributed by atoms with Crippen molar-refractivity contribution < 1.29 is 4.74 Å². The van der Waals surface area contributed by atoms with Gasteiger partial charge in [-0.1, -0.05) is 6.92 Å². The summed E-state index contributed by atoms with van der Waals surface area (Å²) in [5, 5.41) is 0. The molecule has 2 aliphatic heterocycles. The SMILES string of the molecule is CCN1CCCC1CN(C)C1(CN)CC(C)(C)OC1(C)C. The van der Waals surface area contributed by atoms with Crippen LogP contribution >= 0.6 is 0 Å². The molecule has 2 saturated heterocycles. The predicted molar refractivity (Wildman–Crippen MR) is 88.5 cm³/mol. The van der Waals surface area contributed by atoms with Gasteiger partial charge in [-0.3, -0.25) is 9.80 Å². The Morgan fingerprint density at radius 3 is 2.43 bits per heavy atom. The van der Waals surface area contributed by atoms with E-state index in [1.54, 1.807) is 0 Å². The van der Waals surface area contributed by atoms with E-state index in [1.807, 2.05) is 0 Å². The van der Waals surface area contributed by atoms with Crippen molar-refractivity contribution in [3.05, 3.63) is 0 Å². The van der Waals surface area contributed by atoms with Gasteiger partial charge in [0.2, 0.25) is 0 Å². The molecule has 0 radical (unpaired) electrons. The summed E-state index contributed by atoms with van der Waals surface area (Å²) in [4.78, 5) is 5.11. The largest absolute Gasteiger partial charge is 0.368 e. The summed E-state index contributed by atoms with van der Waals surface area (Å²) in [6, 6.07) is 0.669. The number of nitrogens with two attached hydrogens (primary N) is 1. The van der Waals surface area contributed by atoms with Crippen LogP contribution in [0.25, 0.3) is 0 Å². The van der Waals surface area contributed by atoms with Crippen LogP contribution in [0.4, 0.5) is 0 Å². The molecule has 0 bridgehead atoms. The van der Waals surface area contributed by atoms with Crippen molar-refractivity contribution in [2.24, 2.45) is 5.73 Å². The fraction of sp³-hybridized carbons (Fsp3) is 1.00. The van der Waals surface area contributed by atoms with Crippen LogP contribution < -0.4 is 5.73 Å². The van der Waals surface area contributed by atoms with Gasteiger partial charge in [-0.25, -0.2) is 0 Å². The third kappa shape index (κ3) is 3.00. The second-order valence-electron chi connectivity index (χ2n) is 8.09. The third-order valence-electron chi connectivity index (χ3n) is 5.83. The van der Waals surface area contributed by atoms with Crippen LogP contribution in [0.1, 0.15) is 53.9 Å². The minimum absolute atomic E-state index is 0.0709. The van der Waals surface area contributed by atoms with E-state index in [0.717, 1.165) is 19.5 Å². The zero-order valence-corrected chi connectivity index (χ0v) is 14.9. The highest BCUT2D eigenvalue weighted by atomic mass is 16.5. The maximum atomic E-state index is 6.35. The minimum Gasteiger partial charge on any atom is -0.368 e. The molecule has 124 valence electrons. The van der Waals surface area contributed by atoms with Gasteiger partial charge in [0, 0.05) is 19.1 Å². The van der Waals surface area contributed by atoms with E-state index in [0.29, 0.717) is 12.6 Å². The molecule has 2 aliphatic rings. The molecular formula is C17H35N3O. The summed E-state index contributed by atoms with van der Waals surface area (Å²) in [5.41, 5.74) is 5.89. The number of hydrogen-bond acceptors (Lipinski definition) is 4. The molecule has 0 aromatic heterocycles. The molecule has 0 spiro atoms. The average molecular weight is 297 g/mol. The van der Waals surface area contributed by atoms with Crippen LogP contribution in [0, 0.1) is 0 Å². The molecule has 0 aromatic carbocycles. The predicted octanol–water partition coefficient (Wildman–Crippen LogP) is 2.08. The lowest BCUT2D eigenvalue weighted by atomic mass is 9.77.